The van der Waals surface area contributed by atoms with E-state index in [4.69, 9.17) is 0 Å². The van der Waals surface area contributed by atoms with Crippen LogP contribution in [0.3, 0.4) is 0 Å². The quantitative estimate of drug-likeness (QED) is 0.651. The van der Waals surface area contributed by atoms with Gasteiger partial charge in [-0.15, -0.1) is 11.3 Å². The summed E-state index contributed by atoms with van der Waals surface area (Å²) >= 11 is 1.53. The monoisotopic (exact) mass is 282 g/mol. The molecule has 0 saturated heterocycles. The van der Waals surface area contributed by atoms with Crippen molar-refractivity contribution in [3.8, 4) is 0 Å². The van der Waals surface area contributed by atoms with Crippen LogP contribution in [0.25, 0.3) is 0 Å². The number of hydrogen-bond acceptors (Lipinski definition) is 4. The van der Waals surface area contributed by atoms with E-state index in [1.807, 2.05) is 6.07 Å². The van der Waals surface area contributed by atoms with Crippen LogP contribution in [0, 0.1) is 0 Å². The number of amides is 2. The summed E-state index contributed by atoms with van der Waals surface area (Å²) < 4.78 is 4.66. The van der Waals surface area contributed by atoms with E-state index in [0.717, 1.165) is 12.8 Å². The van der Waals surface area contributed by atoms with Crippen molar-refractivity contribution in [1.82, 2.24) is 10.9 Å². The Kier molecular flexibility index (Phi) is 4.93. The van der Waals surface area contributed by atoms with Gasteiger partial charge in [0, 0.05) is 12.0 Å². The third kappa shape index (κ3) is 3.78. The van der Waals surface area contributed by atoms with Gasteiger partial charge in [-0.05, 0) is 37.3 Å². The zero-order chi connectivity index (χ0) is 13.7. The van der Waals surface area contributed by atoms with E-state index in [1.165, 1.54) is 48.1 Å². The summed E-state index contributed by atoms with van der Waals surface area (Å²) in [5.74, 6) is -0.628. The molecule has 1 aromatic heterocycles. The highest BCUT2D eigenvalue weighted by Crippen LogP contribution is 2.28. The molecule has 2 N–H and O–H groups in total. The zero-order valence-corrected chi connectivity index (χ0v) is 11.8. The largest absolute Gasteiger partial charge is 0.375 e. The summed E-state index contributed by atoms with van der Waals surface area (Å²) in [6, 6.07) is 1.95. The SMILES string of the molecule is COCC(=O)NNC(=O)c1cc2c(s1)CCCCC2. The molecule has 0 atom stereocenters. The van der Waals surface area contributed by atoms with Gasteiger partial charge in [-0.2, -0.15) is 0 Å². The van der Waals surface area contributed by atoms with Crippen molar-refractivity contribution < 1.29 is 14.3 Å². The van der Waals surface area contributed by atoms with Crippen molar-refractivity contribution in [2.24, 2.45) is 0 Å². The minimum Gasteiger partial charge on any atom is -0.375 e. The number of rotatable bonds is 3. The van der Waals surface area contributed by atoms with Crippen LogP contribution >= 0.6 is 11.3 Å². The number of ether oxygens (including phenoxy) is 1. The van der Waals surface area contributed by atoms with Crippen molar-refractivity contribution in [3.63, 3.8) is 0 Å². The first-order valence-electron chi connectivity index (χ1n) is 6.40. The first-order chi connectivity index (χ1) is 9.20. The molecule has 1 heterocycles. The van der Waals surface area contributed by atoms with Crippen molar-refractivity contribution >= 4 is 23.2 Å². The van der Waals surface area contributed by atoms with Crippen LogP contribution in [0.15, 0.2) is 6.07 Å². The van der Waals surface area contributed by atoms with Crippen molar-refractivity contribution in [2.75, 3.05) is 13.7 Å². The van der Waals surface area contributed by atoms with Crippen LogP contribution in [0.2, 0.25) is 0 Å². The van der Waals surface area contributed by atoms with E-state index in [9.17, 15) is 9.59 Å². The number of hydrogen-bond donors (Lipinski definition) is 2. The number of methoxy groups -OCH3 is 1. The summed E-state index contributed by atoms with van der Waals surface area (Å²) in [5, 5.41) is 0. The molecule has 0 aromatic carbocycles. The summed E-state index contributed by atoms with van der Waals surface area (Å²) in [6.07, 6.45) is 5.75. The van der Waals surface area contributed by atoms with Crippen LogP contribution in [0.1, 0.15) is 39.4 Å². The molecular weight excluding hydrogens is 264 g/mol. The Bertz CT molecular complexity index is 447. The number of thiophene rings is 1. The first-order valence-corrected chi connectivity index (χ1v) is 7.22. The van der Waals surface area contributed by atoms with Crippen molar-refractivity contribution in [1.29, 1.82) is 0 Å². The molecule has 0 unspecified atom stereocenters. The van der Waals surface area contributed by atoms with Gasteiger partial charge in [0.1, 0.15) is 6.61 Å². The maximum atomic E-state index is 11.9. The molecule has 0 bridgehead atoms. The van der Waals surface area contributed by atoms with Crippen LogP contribution in [0.4, 0.5) is 0 Å². The van der Waals surface area contributed by atoms with Gasteiger partial charge in [0.05, 0.1) is 4.88 Å². The lowest BCUT2D eigenvalue weighted by molar-refractivity contribution is -0.125. The highest BCUT2D eigenvalue weighted by molar-refractivity contribution is 7.14. The molecule has 0 spiro atoms. The molecule has 19 heavy (non-hydrogen) atoms. The van der Waals surface area contributed by atoms with Crippen LogP contribution in [0.5, 0.6) is 0 Å². The van der Waals surface area contributed by atoms with Gasteiger partial charge in [0.25, 0.3) is 11.8 Å². The standard InChI is InChI=1S/C13H18N2O3S/c1-18-8-12(16)14-15-13(17)11-7-9-5-3-2-4-6-10(9)19-11/h7H,2-6,8H2,1H3,(H,14,16)(H,15,17). The van der Waals surface area contributed by atoms with Crippen LogP contribution in [-0.2, 0) is 22.4 Å². The van der Waals surface area contributed by atoms with Gasteiger partial charge in [0.15, 0.2) is 0 Å². The second kappa shape index (κ2) is 6.68. The molecule has 6 heteroatoms. The second-order valence-corrected chi connectivity index (χ2v) is 5.69. The van der Waals surface area contributed by atoms with E-state index in [2.05, 4.69) is 15.6 Å². The Labute approximate surface area is 116 Å². The van der Waals surface area contributed by atoms with Crippen LogP contribution < -0.4 is 10.9 Å². The Morgan fingerprint density at radius 2 is 2.05 bits per heavy atom. The van der Waals surface area contributed by atoms with Gasteiger partial charge in [-0.25, -0.2) is 0 Å². The van der Waals surface area contributed by atoms with E-state index in [1.54, 1.807) is 0 Å². The lowest BCUT2D eigenvalue weighted by atomic mass is 10.1. The number of carbonyl (C=O) groups excluding carboxylic acids is 2. The summed E-state index contributed by atoms with van der Waals surface area (Å²) in [4.78, 5) is 25.0. The summed E-state index contributed by atoms with van der Waals surface area (Å²) in [7, 11) is 1.43. The van der Waals surface area contributed by atoms with Gasteiger partial charge >= 0.3 is 0 Å². The molecule has 0 fully saturated rings. The fraction of sp³-hybridized carbons (Fsp3) is 0.538. The van der Waals surface area contributed by atoms with E-state index < -0.39 is 0 Å². The van der Waals surface area contributed by atoms with E-state index >= 15 is 0 Å². The Balaban J connectivity index is 1.94. The number of nitrogens with one attached hydrogen (secondary N) is 2. The fourth-order valence-corrected chi connectivity index (χ4v) is 3.28. The first kappa shape index (κ1) is 14.0. The van der Waals surface area contributed by atoms with Gasteiger partial charge < -0.3 is 4.74 Å². The zero-order valence-electron chi connectivity index (χ0n) is 11.0. The highest BCUT2D eigenvalue weighted by atomic mass is 32.1. The Morgan fingerprint density at radius 3 is 2.84 bits per heavy atom. The molecule has 5 nitrogen and oxygen atoms in total. The Morgan fingerprint density at radius 1 is 1.26 bits per heavy atom. The Hall–Kier alpha value is -1.40. The second-order valence-electron chi connectivity index (χ2n) is 4.56. The highest BCUT2D eigenvalue weighted by Gasteiger charge is 2.16. The number of aryl methyl sites for hydroxylation is 2. The average Bonchev–Trinajstić information content (AvgIpc) is 2.68. The number of fused-ring (bicyclic) bond motifs is 1. The maximum Gasteiger partial charge on any atom is 0.279 e. The maximum absolute atomic E-state index is 11.9. The average molecular weight is 282 g/mol. The molecule has 1 aliphatic carbocycles. The number of hydrazine groups is 1. The summed E-state index contributed by atoms with van der Waals surface area (Å²) in [6.45, 7) is -0.0682. The third-order valence-electron chi connectivity index (χ3n) is 3.06. The van der Waals surface area contributed by atoms with Crippen LogP contribution in [-0.4, -0.2) is 25.5 Å². The third-order valence-corrected chi connectivity index (χ3v) is 4.30. The molecule has 2 amide bonds. The number of carbonyl (C=O) groups is 2. The van der Waals surface area contributed by atoms with E-state index in [0.29, 0.717) is 4.88 Å². The normalized spacial score (nSPS) is 14.4. The van der Waals surface area contributed by atoms with E-state index in [-0.39, 0.29) is 18.4 Å². The lowest BCUT2D eigenvalue weighted by Crippen LogP contribution is -2.42. The molecular formula is C13H18N2O3S. The topological polar surface area (TPSA) is 67.4 Å². The molecule has 2 rings (SSSR count). The molecule has 104 valence electrons. The van der Waals surface area contributed by atoms with Gasteiger partial charge in [0.2, 0.25) is 0 Å². The molecule has 0 radical (unpaired) electrons. The van der Waals surface area contributed by atoms with Gasteiger partial charge in [-0.1, -0.05) is 6.42 Å². The van der Waals surface area contributed by atoms with Crippen molar-refractivity contribution in [3.05, 3.63) is 21.4 Å². The smallest absolute Gasteiger partial charge is 0.279 e. The fourth-order valence-electron chi connectivity index (χ4n) is 2.13. The predicted molar refractivity (Wildman–Crippen MR) is 73.1 cm³/mol. The lowest BCUT2D eigenvalue weighted by Gasteiger charge is -2.04. The minimum atomic E-state index is -0.367. The predicted octanol–water partition coefficient (Wildman–Crippen LogP) is 1.42. The van der Waals surface area contributed by atoms with Gasteiger partial charge in [-0.3, -0.25) is 20.4 Å². The molecule has 1 aromatic rings. The minimum absolute atomic E-state index is 0.0682. The molecule has 0 aliphatic heterocycles. The summed E-state index contributed by atoms with van der Waals surface area (Å²) in [5.41, 5.74) is 6.01. The molecule has 0 saturated carbocycles. The van der Waals surface area contributed by atoms with Crippen molar-refractivity contribution in [2.45, 2.75) is 32.1 Å². The molecule has 1 aliphatic rings.